The maximum atomic E-state index is 13.8. The van der Waals surface area contributed by atoms with Crippen molar-refractivity contribution in [3.63, 3.8) is 0 Å². The van der Waals surface area contributed by atoms with Crippen LogP contribution in [0.15, 0.2) is 30.7 Å². The van der Waals surface area contributed by atoms with Gasteiger partial charge in [-0.3, -0.25) is 0 Å². The Morgan fingerprint density at radius 1 is 1.31 bits per heavy atom. The number of benzene rings is 1. The zero-order valence-corrected chi connectivity index (χ0v) is 9.74. The summed E-state index contributed by atoms with van der Waals surface area (Å²) < 4.78 is 15.7. The lowest BCUT2D eigenvalue weighted by molar-refractivity contribution is 0.598. The molecule has 84 valence electrons. The summed E-state index contributed by atoms with van der Waals surface area (Å²) in [5.41, 5.74) is 2.54. The van der Waals surface area contributed by atoms with E-state index >= 15 is 0 Å². The predicted octanol–water partition coefficient (Wildman–Crippen LogP) is 3.35. The molecule has 1 aromatic heterocycles. The molecule has 0 bridgehead atoms. The molecule has 0 aliphatic heterocycles. The van der Waals surface area contributed by atoms with E-state index in [1.54, 1.807) is 18.6 Å². The van der Waals surface area contributed by atoms with Crippen LogP contribution >= 0.6 is 0 Å². The van der Waals surface area contributed by atoms with Crippen molar-refractivity contribution in [2.24, 2.45) is 7.05 Å². The van der Waals surface area contributed by atoms with Crippen LogP contribution in [0.5, 0.6) is 0 Å². The summed E-state index contributed by atoms with van der Waals surface area (Å²) in [7, 11) is 1.90. The molecule has 0 amide bonds. The van der Waals surface area contributed by atoms with Gasteiger partial charge in [-0.05, 0) is 17.5 Å². The van der Waals surface area contributed by atoms with E-state index in [0.29, 0.717) is 0 Å². The Morgan fingerprint density at radius 2 is 2.06 bits per heavy atom. The fourth-order valence-electron chi connectivity index (χ4n) is 1.79. The van der Waals surface area contributed by atoms with Crippen LogP contribution in [-0.2, 0) is 7.05 Å². The molecule has 0 saturated carbocycles. The summed E-state index contributed by atoms with van der Waals surface area (Å²) in [5.74, 6) is 0.0642. The minimum atomic E-state index is -0.145. The highest BCUT2D eigenvalue weighted by atomic mass is 19.1. The highest BCUT2D eigenvalue weighted by Crippen LogP contribution is 2.24. The highest BCUT2D eigenvalue weighted by molar-refractivity contribution is 5.59. The van der Waals surface area contributed by atoms with E-state index in [2.05, 4.69) is 4.98 Å². The molecule has 16 heavy (non-hydrogen) atoms. The number of aryl methyl sites for hydroxylation is 1. The van der Waals surface area contributed by atoms with E-state index < -0.39 is 0 Å². The molecule has 0 atom stereocenters. The number of hydrogen-bond donors (Lipinski definition) is 0. The molecule has 1 heterocycles. The summed E-state index contributed by atoms with van der Waals surface area (Å²) in [6.07, 6.45) is 3.45. The first-order valence-electron chi connectivity index (χ1n) is 5.35. The summed E-state index contributed by atoms with van der Waals surface area (Å²) in [6.45, 7) is 3.98. The molecule has 0 spiro atoms. The second-order valence-electron chi connectivity index (χ2n) is 4.28. The minimum Gasteiger partial charge on any atom is -0.334 e. The molecule has 0 unspecified atom stereocenters. The lowest BCUT2D eigenvalue weighted by Gasteiger charge is -2.09. The van der Waals surface area contributed by atoms with Gasteiger partial charge >= 0.3 is 0 Å². The van der Waals surface area contributed by atoms with Crippen LogP contribution in [0.4, 0.5) is 4.39 Å². The zero-order chi connectivity index (χ0) is 11.7. The summed E-state index contributed by atoms with van der Waals surface area (Å²) >= 11 is 0. The maximum Gasteiger partial charge on any atom is 0.127 e. The molecule has 0 fully saturated rings. The van der Waals surface area contributed by atoms with Crippen LogP contribution in [0.25, 0.3) is 11.3 Å². The number of nitrogens with zero attached hydrogens (tertiary/aromatic N) is 2. The molecule has 0 N–H and O–H groups in total. The topological polar surface area (TPSA) is 17.8 Å². The largest absolute Gasteiger partial charge is 0.334 e. The van der Waals surface area contributed by atoms with Crippen molar-refractivity contribution in [3.05, 3.63) is 42.1 Å². The van der Waals surface area contributed by atoms with Gasteiger partial charge in [-0.1, -0.05) is 26.0 Å². The van der Waals surface area contributed by atoms with Gasteiger partial charge in [-0.25, -0.2) is 9.37 Å². The summed E-state index contributed by atoms with van der Waals surface area (Å²) in [6, 6.07) is 5.37. The van der Waals surface area contributed by atoms with E-state index in [4.69, 9.17) is 0 Å². The number of rotatable bonds is 2. The van der Waals surface area contributed by atoms with E-state index in [9.17, 15) is 4.39 Å². The molecule has 3 heteroatoms. The summed E-state index contributed by atoms with van der Waals surface area (Å²) in [4.78, 5) is 4.03. The molecule has 0 saturated heterocycles. The highest BCUT2D eigenvalue weighted by Gasteiger charge is 2.09. The number of halogens is 1. The zero-order valence-electron chi connectivity index (χ0n) is 9.74. The van der Waals surface area contributed by atoms with E-state index in [0.717, 1.165) is 16.8 Å². The average Bonchev–Trinajstić information content (AvgIpc) is 2.63. The quantitative estimate of drug-likeness (QED) is 0.755. The molecule has 1 aromatic carbocycles. The molecule has 0 aliphatic carbocycles. The predicted molar refractivity (Wildman–Crippen MR) is 62.7 cm³/mol. The van der Waals surface area contributed by atoms with Crippen LogP contribution in [0.2, 0.25) is 0 Å². The smallest absolute Gasteiger partial charge is 0.127 e. The van der Waals surface area contributed by atoms with E-state index in [1.807, 2.05) is 37.6 Å². The Hall–Kier alpha value is -1.64. The third kappa shape index (κ3) is 1.85. The van der Waals surface area contributed by atoms with Crippen LogP contribution in [0, 0.1) is 5.82 Å². The lowest BCUT2D eigenvalue weighted by Crippen LogP contribution is -1.95. The van der Waals surface area contributed by atoms with Crippen molar-refractivity contribution in [2.45, 2.75) is 19.8 Å². The molecular weight excluding hydrogens is 203 g/mol. The molecule has 0 radical (unpaired) electrons. The van der Waals surface area contributed by atoms with E-state index in [1.165, 1.54) is 0 Å². The Kier molecular flexibility index (Phi) is 2.77. The number of hydrogen-bond acceptors (Lipinski definition) is 1. The normalized spacial score (nSPS) is 11.1. The Labute approximate surface area is 94.8 Å². The number of aromatic nitrogens is 2. The first kappa shape index (κ1) is 10.9. The van der Waals surface area contributed by atoms with Gasteiger partial charge in [0, 0.05) is 12.6 Å². The molecule has 2 aromatic rings. The van der Waals surface area contributed by atoms with Crippen molar-refractivity contribution in [1.29, 1.82) is 0 Å². The van der Waals surface area contributed by atoms with Gasteiger partial charge in [-0.2, -0.15) is 0 Å². The Bertz CT molecular complexity index is 500. The van der Waals surface area contributed by atoms with Gasteiger partial charge in [0.2, 0.25) is 0 Å². The second kappa shape index (κ2) is 4.08. The van der Waals surface area contributed by atoms with Gasteiger partial charge in [-0.15, -0.1) is 0 Å². The SMILES string of the molecule is CC(C)c1ccc(-c2cncn2C)cc1F. The minimum absolute atomic E-state index is 0.145. The molecular formula is C13H15FN2. The van der Waals surface area contributed by atoms with Crippen LogP contribution < -0.4 is 0 Å². The van der Waals surface area contributed by atoms with Crippen molar-refractivity contribution in [3.8, 4) is 11.3 Å². The maximum absolute atomic E-state index is 13.8. The van der Waals surface area contributed by atoms with Crippen molar-refractivity contribution < 1.29 is 4.39 Å². The van der Waals surface area contributed by atoms with Gasteiger partial charge in [0.1, 0.15) is 5.82 Å². The standard InChI is InChI=1S/C13H15FN2/c1-9(2)11-5-4-10(6-12(11)14)13-7-15-8-16(13)3/h4-9H,1-3H3. The van der Waals surface area contributed by atoms with Crippen LogP contribution in [0.1, 0.15) is 25.3 Å². The first-order chi connectivity index (χ1) is 7.59. The van der Waals surface area contributed by atoms with Crippen molar-refractivity contribution >= 4 is 0 Å². The lowest BCUT2D eigenvalue weighted by atomic mass is 10.00. The third-order valence-electron chi connectivity index (χ3n) is 2.73. The van der Waals surface area contributed by atoms with E-state index in [-0.39, 0.29) is 11.7 Å². The Balaban J connectivity index is 2.46. The molecule has 2 nitrogen and oxygen atoms in total. The Morgan fingerprint density at radius 3 is 2.56 bits per heavy atom. The van der Waals surface area contributed by atoms with Crippen molar-refractivity contribution in [1.82, 2.24) is 9.55 Å². The monoisotopic (exact) mass is 218 g/mol. The van der Waals surface area contributed by atoms with Crippen LogP contribution in [-0.4, -0.2) is 9.55 Å². The van der Waals surface area contributed by atoms with Crippen molar-refractivity contribution in [2.75, 3.05) is 0 Å². The van der Waals surface area contributed by atoms with Gasteiger partial charge in [0.05, 0.1) is 18.2 Å². The van der Waals surface area contributed by atoms with Gasteiger partial charge < -0.3 is 4.57 Å². The van der Waals surface area contributed by atoms with Crippen LogP contribution in [0.3, 0.4) is 0 Å². The first-order valence-corrected chi connectivity index (χ1v) is 5.35. The average molecular weight is 218 g/mol. The molecule has 2 rings (SSSR count). The summed E-state index contributed by atoms with van der Waals surface area (Å²) in [5, 5.41) is 0. The number of imidazole rings is 1. The third-order valence-corrected chi connectivity index (χ3v) is 2.73. The second-order valence-corrected chi connectivity index (χ2v) is 4.28. The van der Waals surface area contributed by atoms with Gasteiger partial charge in [0.25, 0.3) is 0 Å². The fraction of sp³-hybridized carbons (Fsp3) is 0.308. The fourth-order valence-corrected chi connectivity index (χ4v) is 1.79. The van der Waals surface area contributed by atoms with Gasteiger partial charge in [0.15, 0.2) is 0 Å². The molecule has 0 aliphatic rings.